The van der Waals surface area contributed by atoms with Crippen molar-refractivity contribution in [2.24, 2.45) is 27.8 Å². The molecule has 2 aliphatic rings. The number of rotatable bonds is 23. The second-order valence-corrected chi connectivity index (χ2v) is 20.6. The van der Waals surface area contributed by atoms with E-state index < -0.39 is 46.2 Å². The van der Waals surface area contributed by atoms with Crippen LogP contribution >= 0.6 is 23.5 Å². The van der Waals surface area contributed by atoms with E-state index in [0.29, 0.717) is 65.8 Å². The SMILES string of the molecule is C=CCO/N=C(\CCC)C1=C(O)CC(C)(C)C(C(=O)OC)C1=O.C=CCON/C(CCC)=C1\C(=O)CC(C)(C)C(C(=O)OC)C1=O.CCN(c1nc(N)nc(SC)n1)C(C)C.CCNc1nc(NC(C)C)nc(SC)n1. The van der Waals surface area contributed by atoms with Gasteiger partial charge >= 0.3 is 11.9 Å². The van der Waals surface area contributed by atoms with Gasteiger partial charge in [-0.1, -0.05) is 102 Å². The first-order chi connectivity index (χ1) is 35.8. The van der Waals surface area contributed by atoms with Crippen molar-refractivity contribution in [3.8, 4) is 0 Å². The fourth-order valence-electron chi connectivity index (χ4n) is 7.83. The molecule has 0 bridgehead atoms. The number of esters is 2. The minimum Gasteiger partial charge on any atom is -0.511 e. The van der Waals surface area contributed by atoms with E-state index in [1.807, 2.05) is 33.3 Å². The first-order valence-corrected chi connectivity index (χ1v) is 27.6. The van der Waals surface area contributed by atoms with E-state index in [1.165, 1.54) is 43.8 Å². The van der Waals surface area contributed by atoms with Gasteiger partial charge in [0.1, 0.15) is 24.2 Å². The minimum absolute atomic E-state index is 0.0191. The summed E-state index contributed by atoms with van der Waals surface area (Å²) in [5.41, 5.74) is 7.65. The van der Waals surface area contributed by atoms with Gasteiger partial charge in [-0.05, 0) is 77.7 Å². The van der Waals surface area contributed by atoms with Gasteiger partial charge in [0, 0.05) is 38.0 Å². The van der Waals surface area contributed by atoms with Gasteiger partial charge in [0.2, 0.25) is 23.8 Å². The summed E-state index contributed by atoms with van der Waals surface area (Å²) >= 11 is 2.98. The zero-order valence-electron chi connectivity index (χ0n) is 47.5. The molecule has 6 N–H and O–H groups in total. The predicted octanol–water partition coefficient (Wildman–Crippen LogP) is 8.31. The van der Waals surface area contributed by atoms with E-state index in [2.05, 4.69) is 104 Å². The van der Waals surface area contributed by atoms with E-state index >= 15 is 0 Å². The van der Waals surface area contributed by atoms with Crippen molar-refractivity contribution in [1.29, 1.82) is 0 Å². The highest BCUT2D eigenvalue weighted by Crippen LogP contribution is 2.43. The molecule has 0 amide bonds. The first-order valence-electron chi connectivity index (χ1n) is 25.2. The lowest BCUT2D eigenvalue weighted by molar-refractivity contribution is -0.156. The van der Waals surface area contributed by atoms with Crippen molar-refractivity contribution in [3.05, 3.63) is 47.9 Å². The highest BCUT2D eigenvalue weighted by Gasteiger charge is 2.51. The summed E-state index contributed by atoms with van der Waals surface area (Å²) in [6.07, 6.45) is 9.60. The van der Waals surface area contributed by atoms with Gasteiger partial charge < -0.3 is 40.7 Å². The van der Waals surface area contributed by atoms with Gasteiger partial charge in [0.05, 0.1) is 43.4 Å². The number of nitrogens with one attached hydrogen (secondary N) is 3. The molecule has 24 heteroatoms. The predicted molar refractivity (Wildman–Crippen MR) is 301 cm³/mol. The second kappa shape index (κ2) is 33.8. The molecule has 2 aromatic rings. The molecule has 0 saturated heterocycles. The largest absolute Gasteiger partial charge is 0.511 e. The number of hydrogen-bond donors (Lipinski definition) is 5. The van der Waals surface area contributed by atoms with Crippen molar-refractivity contribution in [2.75, 3.05) is 74.3 Å². The van der Waals surface area contributed by atoms with Crippen molar-refractivity contribution in [3.63, 3.8) is 0 Å². The molecule has 424 valence electrons. The lowest BCUT2D eigenvalue weighted by Crippen LogP contribution is -2.47. The van der Waals surface area contributed by atoms with Crippen LogP contribution in [0.3, 0.4) is 0 Å². The van der Waals surface area contributed by atoms with Gasteiger partial charge in [0.25, 0.3) is 0 Å². The summed E-state index contributed by atoms with van der Waals surface area (Å²) in [5.74, 6) is -2.31. The molecular weight excluding hydrogens is 1020 g/mol. The van der Waals surface area contributed by atoms with E-state index in [1.54, 1.807) is 33.8 Å². The minimum atomic E-state index is -0.992. The number of Topliss-reactive ketones (excluding diaryl/α,β-unsaturated/α-hetero) is 3. The maximum atomic E-state index is 12.8. The summed E-state index contributed by atoms with van der Waals surface area (Å²) < 4.78 is 9.53. The van der Waals surface area contributed by atoms with Crippen LogP contribution in [0.15, 0.2) is 63.4 Å². The number of ether oxygens (including phenoxy) is 2. The van der Waals surface area contributed by atoms with E-state index in [0.717, 1.165) is 24.7 Å². The first kappa shape index (κ1) is 67.9. The Hall–Kier alpha value is -6.14. The molecule has 1 saturated carbocycles. The standard InChI is InChI=1S/2C17H25NO5.2C9H17N5S/c2*1-6-8-11(18-23-9-7-2)13-12(19)10-17(3,4)14(15(13)20)16(21)22-5;1-5-14(6(2)3)8-11-7(10)12-9(13-8)15-4;1-5-10-7-12-8(11-6(2)3)14-9(13-7)15-4/h7,14,19H,2,6,8-10H2,1,3-5H3;7,14,18H,2,6,8-10H2,1,3-5H3;6H,5H2,1-4H3,(H2,10,11,12,13);6H,5H2,1-4H3,(H2,10,11,12,13,14)/b18-11+;13-11+;;. The number of anilines is 4. The van der Waals surface area contributed by atoms with Crippen LogP contribution in [0.2, 0.25) is 0 Å². The van der Waals surface area contributed by atoms with Crippen LogP contribution in [-0.2, 0) is 43.1 Å². The second-order valence-electron chi connectivity index (χ2n) is 19.1. The molecule has 2 aliphatic carbocycles. The van der Waals surface area contributed by atoms with Crippen LogP contribution < -0.4 is 26.7 Å². The number of thioether (sulfide) groups is 2. The average Bonchev–Trinajstić information content (AvgIpc) is 3.33. The van der Waals surface area contributed by atoms with Crippen LogP contribution in [0.1, 0.15) is 122 Å². The molecule has 2 unspecified atom stereocenters. The Morgan fingerprint density at radius 1 is 0.816 bits per heavy atom. The maximum Gasteiger partial charge on any atom is 0.317 e. The highest BCUT2D eigenvalue weighted by atomic mass is 32.2. The van der Waals surface area contributed by atoms with Crippen molar-refractivity contribution in [1.82, 2.24) is 35.4 Å². The number of carbonyl (C=O) groups is 5. The summed E-state index contributed by atoms with van der Waals surface area (Å²) in [4.78, 5) is 99.8. The number of oxime groups is 1. The zero-order chi connectivity index (χ0) is 57.9. The Kier molecular flexibility index (Phi) is 30.2. The lowest BCUT2D eigenvalue weighted by atomic mass is 9.65. The lowest BCUT2D eigenvalue weighted by Gasteiger charge is -2.36. The number of nitrogen functional groups attached to an aromatic ring is 1. The number of hydroxylamine groups is 1. The number of aromatic nitrogens is 6. The Bertz CT molecular complexity index is 2370. The molecule has 2 aromatic heterocycles. The number of nitrogens with two attached hydrogens (primary N) is 1. The van der Waals surface area contributed by atoms with Gasteiger partial charge in [0.15, 0.2) is 27.7 Å². The third-order valence-electron chi connectivity index (χ3n) is 11.2. The van der Waals surface area contributed by atoms with Crippen molar-refractivity contribution < 1.29 is 48.2 Å². The van der Waals surface area contributed by atoms with Gasteiger partial charge in [-0.25, -0.2) is 0 Å². The van der Waals surface area contributed by atoms with Crippen LogP contribution in [0, 0.1) is 22.7 Å². The molecule has 4 rings (SSSR count). The Labute approximate surface area is 458 Å². The van der Waals surface area contributed by atoms with Gasteiger partial charge in [-0.2, -0.15) is 29.9 Å². The van der Waals surface area contributed by atoms with E-state index in [9.17, 15) is 29.1 Å². The van der Waals surface area contributed by atoms with E-state index in [4.69, 9.17) is 24.9 Å². The average molecular weight is 1100 g/mol. The van der Waals surface area contributed by atoms with Gasteiger partial charge in [-0.3, -0.25) is 34.3 Å². The number of ketones is 3. The van der Waals surface area contributed by atoms with Crippen LogP contribution in [0.25, 0.3) is 0 Å². The van der Waals surface area contributed by atoms with Crippen LogP contribution in [-0.4, -0.2) is 135 Å². The monoisotopic (exact) mass is 1100 g/mol. The normalized spacial score (nSPS) is 17.4. The number of nitrogens with zero attached hydrogens (tertiary/aromatic N) is 8. The van der Waals surface area contributed by atoms with Crippen LogP contribution in [0.4, 0.5) is 23.8 Å². The number of hydrogen-bond acceptors (Lipinski definition) is 24. The quantitative estimate of drug-likeness (QED) is 0.00804. The van der Waals surface area contributed by atoms with Crippen molar-refractivity contribution >= 4 is 82.3 Å². The molecule has 0 aromatic carbocycles. The number of aliphatic hydroxyl groups excluding tert-OH is 1. The Morgan fingerprint density at radius 2 is 1.37 bits per heavy atom. The third-order valence-corrected chi connectivity index (χ3v) is 12.3. The summed E-state index contributed by atoms with van der Waals surface area (Å²) in [6.45, 7) is 32.3. The topological polar surface area (TPSA) is 298 Å². The smallest absolute Gasteiger partial charge is 0.317 e. The summed E-state index contributed by atoms with van der Waals surface area (Å²) in [5, 5.41) is 21.9. The van der Waals surface area contributed by atoms with Crippen LogP contribution in [0.5, 0.6) is 0 Å². The highest BCUT2D eigenvalue weighted by molar-refractivity contribution is 7.98. The molecule has 0 spiro atoms. The summed E-state index contributed by atoms with van der Waals surface area (Å²) in [6, 6.07) is 0.670. The molecule has 22 nitrogen and oxygen atoms in total. The summed E-state index contributed by atoms with van der Waals surface area (Å²) in [7, 11) is 2.49. The molecule has 0 aliphatic heterocycles. The zero-order valence-corrected chi connectivity index (χ0v) is 49.2. The fraction of sp³-hybridized carbons (Fsp3) is 0.615. The molecule has 2 heterocycles. The number of allylic oxidation sites excluding steroid dienone is 4. The molecular formula is C52H84N12O10S2. The number of aliphatic hydroxyl groups is 1. The van der Waals surface area contributed by atoms with Gasteiger partial charge in [-0.15, -0.1) is 6.58 Å². The number of carbonyl (C=O) groups excluding carboxylic acids is 5. The Balaban J connectivity index is 0.000000517. The molecule has 1 fully saturated rings. The van der Waals surface area contributed by atoms with Crippen molar-refractivity contribution in [2.45, 2.75) is 144 Å². The Morgan fingerprint density at radius 3 is 1.87 bits per heavy atom. The fourth-order valence-corrected chi connectivity index (χ4v) is 8.54. The molecule has 0 radical (unpaired) electrons. The third kappa shape index (κ3) is 20.8. The maximum absolute atomic E-state index is 12.8. The number of methoxy groups -OCH3 is 2. The molecule has 76 heavy (non-hydrogen) atoms. The van der Waals surface area contributed by atoms with E-state index in [-0.39, 0.29) is 54.7 Å². The molecule has 2 atom stereocenters.